The first-order valence-electron chi connectivity index (χ1n) is 18.2. The number of carbonyl (C=O) groups excluding carboxylic acids is 1. The van der Waals surface area contributed by atoms with Crippen molar-refractivity contribution in [3.05, 3.63) is 0 Å². The Morgan fingerprint density at radius 1 is 0.483 bits per heavy atom. The van der Waals surface area contributed by atoms with Crippen LogP contribution >= 0.6 is 0 Å². The summed E-state index contributed by atoms with van der Waals surface area (Å²) in [6, 6.07) is 0. The monoisotopic (exact) mass is 852 g/mol. The summed E-state index contributed by atoms with van der Waals surface area (Å²) in [4.78, 5) is 23.1. The van der Waals surface area contributed by atoms with Gasteiger partial charge in [0.1, 0.15) is 110 Å². The molecule has 14 N–H and O–H groups in total. The van der Waals surface area contributed by atoms with Gasteiger partial charge in [0.2, 0.25) is 0 Å². The summed E-state index contributed by atoms with van der Waals surface area (Å²) >= 11 is 0. The summed E-state index contributed by atoms with van der Waals surface area (Å²) in [5, 5.41) is 148. The molecule has 336 valence electrons. The maximum atomic E-state index is 11.6. The van der Waals surface area contributed by atoms with Crippen LogP contribution in [0, 0.1) is 0 Å². The van der Waals surface area contributed by atoms with Crippen LogP contribution in [0.5, 0.6) is 0 Å². The number of carboxylic acid groups (broad SMARTS) is 1. The van der Waals surface area contributed by atoms with E-state index in [0.717, 1.165) is 6.92 Å². The number of ether oxygens (including phenoxy) is 10. The van der Waals surface area contributed by atoms with Crippen molar-refractivity contribution in [1.29, 1.82) is 0 Å². The predicted octanol–water partition coefficient (Wildman–Crippen LogP) is -9.21. The number of rotatable bonds is 12. The lowest BCUT2D eigenvalue weighted by Gasteiger charge is -2.49. The van der Waals surface area contributed by atoms with Gasteiger partial charge in [-0.3, -0.25) is 4.79 Å². The smallest absolute Gasteiger partial charge is 0.335 e. The van der Waals surface area contributed by atoms with Gasteiger partial charge in [0.25, 0.3) is 0 Å². The molecule has 0 aromatic rings. The average molecular weight is 853 g/mol. The van der Waals surface area contributed by atoms with E-state index in [1.165, 1.54) is 13.8 Å². The van der Waals surface area contributed by atoms with Gasteiger partial charge in [-0.2, -0.15) is 0 Å². The van der Waals surface area contributed by atoms with Gasteiger partial charge in [0.05, 0.1) is 18.8 Å². The van der Waals surface area contributed by atoms with Crippen LogP contribution in [0.2, 0.25) is 0 Å². The molecule has 5 saturated heterocycles. The fraction of sp³-hybridized carbons (Fsp3) is 0.938. The fourth-order valence-electron chi connectivity index (χ4n) is 7.06. The minimum Gasteiger partial charge on any atom is -0.479 e. The molecule has 0 radical (unpaired) electrons. The van der Waals surface area contributed by atoms with Gasteiger partial charge in [0, 0.05) is 6.92 Å². The van der Waals surface area contributed by atoms with E-state index < -0.39 is 179 Å². The summed E-state index contributed by atoms with van der Waals surface area (Å²) in [7, 11) is 0. The first-order chi connectivity index (χ1) is 27.2. The lowest BCUT2D eigenvalue weighted by atomic mass is 9.95. The Morgan fingerprint density at radius 3 is 1.59 bits per heavy atom. The standard InChI is InChI=1S/C32H52O26/c1-6-11(35)15(39)26(58-29-19(43)14(38)16(40)25(57-29)27(46)47)32(51-6)56-23-12(36)7(2)50-30(20(23)44)55-24-13(37)9(4-33)53-31(21(24)45)54-22-10(5-49-8(3)34)52-28(48)18(42)17(22)41/h6-7,9-26,28-33,35-45,48H,4-5H2,1-3H3,(H,46,47)/t6-,7-,9+,10+,11-,12-,13+,14-,15+,16-,17+,18+,19+,20+,21+,22+,23+,24-,25-,26+,28-,29-,30-,31-,32-/m0/s1. The zero-order chi connectivity index (χ0) is 43.1. The minimum atomic E-state index is -2.13. The van der Waals surface area contributed by atoms with Gasteiger partial charge in [-0.1, -0.05) is 0 Å². The van der Waals surface area contributed by atoms with Gasteiger partial charge in [-0.05, 0) is 13.8 Å². The van der Waals surface area contributed by atoms with Crippen molar-refractivity contribution in [2.45, 2.75) is 174 Å². The van der Waals surface area contributed by atoms with E-state index in [1.54, 1.807) is 0 Å². The summed E-state index contributed by atoms with van der Waals surface area (Å²) < 4.78 is 54.9. The van der Waals surface area contributed by atoms with Crippen molar-refractivity contribution in [3.8, 4) is 0 Å². The average Bonchev–Trinajstić information content (AvgIpc) is 3.17. The van der Waals surface area contributed by atoms with Crippen molar-refractivity contribution in [3.63, 3.8) is 0 Å². The molecule has 5 aliphatic heterocycles. The molecule has 0 amide bonds. The van der Waals surface area contributed by atoms with Gasteiger partial charge in [-0.15, -0.1) is 0 Å². The number of aliphatic hydroxyl groups excluding tert-OH is 13. The Labute approximate surface area is 328 Å². The Bertz CT molecular complexity index is 1360. The van der Waals surface area contributed by atoms with E-state index in [-0.39, 0.29) is 0 Å². The normalized spacial score (nSPS) is 51.6. The number of esters is 1. The first kappa shape index (κ1) is 47.1. The van der Waals surface area contributed by atoms with Crippen molar-refractivity contribution >= 4 is 11.9 Å². The number of aliphatic hydroxyl groups is 13. The number of carboxylic acids is 1. The fourth-order valence-corrected chi connectivity index (χ4v) is 7.06. The summed E-state index contributed by atoms with van der Waals surface area (Å²) in [5.41, 5.74) is 0. The molecule has 26 nitrogen and oxygen atoms in total. The van der Waals surface area contributed by atoms with Crippen LogP contribution < -0.4 is 0 Å². The van der Waals surface area contributed by atoms with Gasteiger partial charge >= 0.3 is 11.9 Å². The molecular weight excluding hydrogens is 800 g/mol. The third-order valence-electron chi connectivity index (χ3n) is 10.5. The molecule has 0 aliphatic carbocycles. The van der Waals surface area contributed by atoms with E-state index in [0.29, 0.717) is 0 Å². The molecule has 26 heteroatoms. The zero-order valence-corrected chi connectivity index (χ0v) is 31.0. The first-order valence-corrected chi connectivity index (χ1v) is 18.2. The quantitative estimate of drug-likeness (QED) is 0.0811. The SMILES string of the molecule is CC(=O)OC[C@H]1O[C@H](O)[C@H](O)[C@@H](O)[C@@H]1O[C@@H]1O[C@H](CO)[C@@H](O)[C@H](O[C@@H]2O[C@@H](C)[C@H](O)[C@@H](O[C@@H]3O[C@@H](C)[C@H](O)[C@@H](O)[C@H]3O[C@@H]3O[C@H](C(=O)O)[C@@H](O)[C@H](O)[C@H]3O)[C@H]2O)[C@H]1O. The predicted molar refractivity (Wildman–Crippen MR) is 174 cm³/mol. The lowest BCUT2D eigenvalue weighted by molar-refractivity contribution is -0.395. The Morgan fingerprint density at radius 2 is 0.983 bits per heavy atom. The highest BCUT2D eigenvalue weighted by Crippen LogP contribution is 2.36. The lowest BCUT2D eigenvalue weighted by Crippen LogP contribution is -2.67. The molecule has 5 fully saturated rings. The highest BCUT2D eigenvalue weighted by atomic mass is 16.8. The van der Waals surface area contributed by atoms with Crippen molar-refractivity contribution in [1.82, 2.24) is 0 Å². The van der Waals surface area contributed by atoms with Crippen molar-refractivity contribution in [2.24, 2.45) is 0 Å². The second kappa shape index (κ2) is 19.4. The molecule has 5 rings (SSSR count). The van der Waals surface area contributed by atoms with Crippen LogP contribution in [-0.2, 0) is 57.0 Å². The topological polar surface area (TPSA) is 410 Å². The second-order valence-corrected chi connectivity index (χ2v) is 14.6. The Kier molecular flexibility index (Phi) is 15.8. The molecule has 0 aromatic carbocycles. The largest absolute Gasteiger partial charge is 0.479 e. The Hall–Kier alpha value is -1.94. The number of hydrogen-bond donors (Lipinski definition) is 14. The maximum Gasteiger partial charge on any atom is 0.335 e. The van der Waals surface area contributed by atoms with E-state index in [2.05, 4.69) is 0 Å². The highest BCUT2D eigenvalue weighted by Gasteiger charge is 2.56. The second-order valence-electron chi connectivity index (χ2n) is 14.6. The molecule has 5 heterocycles. The number of hydrogen-bond acceptors (Lipinski definition) is 25. The van der Waals surface area contributed by atoms with Crippen LogP contribution in [0.15, 0.2) is 0 Å². The van der Waals surface area contributed by atoms with Crippen molar-refractivity contribution in [2.75, 3.05) is 13.2 Å². The minimum absolute atomic E-state index is 0.618. The van der Waals surface area contributed by atoms with E-state index in [4.69, 9.17) is 47.4 Å². The molecule has 0 spiro atoms. The van der Waals surface area contributed by atoms with Crippen LogP contribution in [0.1, 0.15) is 20.8 Å². The van der Waals surface area contributed by atoms with E-state index in [9.17, 15) is 81.1 Å². The van der Waals surface area contributed by atoms with Crippen LogP contribution in [0.25, 0.3) is 0 Å². The van der Waals surface area contributed by atoms with E-state index >= 15 is 0 Å². The van der Waals surface area contributed by atoms with Crippen LogP contribution in [-0.4, -0.2) is 250 Å². The third kappa shape index (κ3) is 9.73. The van der Waals surface area contributed by atoms with Crippen LogP contribution in [0.4, 0.5) is 0 Å². The molecule has 0 unspecified atom stereocenters. The summed E-state index contributed by atoms with van der Waals surface area (Å²) in [6.07, 6.45) is -46.6. The van der Waals surface area contributed by atoms with Crippen molar-refractivity contribution < 1.29 is 128 Å². The Balaban J connectivity index is 1.35. The molecule has 58 heavy (non-hydrogen) atoms. The molecular formula is C32H52O26. The van der Waals surface area contributed by atoms with Gasteiger partial charge in [0.15, 0.2) is 37.6 Å². The molecule has 0 aromatic heterocycles. The maximum absolute atomic E-state index is 11.6. The molecule has 0 bridgehead atoms. The van der Waals surface area contributed by atoms with Gasteiger partial charge < -0.3 is 119 Å². The van der Waals surface area contributed by atoms with Crippen LogP contribution in [0.3, 0.4) is 0 Å². The van der Waals surface area contributed by atoms with E-state index in [1.807, 2.05) is 0 Å². The third-order valence-corrected chi connectivity index (χ3v) is 10.5. The zero-order valence-electron chi connectivity index (χ0n) is 31.0. The highest BCUT2D eigenvalue weighted by molar-refractivity contribution is 5.73. The molecule has 0 saturated carbocycles. The number of carbonyl (C=O) groups is 2. The summed E-state index contributed by atoms with van der Waals surface area (Å²) in [6.45, 7) is 2.09. The number of aliphatic carboxylic acids is 1. The molecule has 5 aliphatic rings. The molecule has 25 atom stereocenters. The van der Waals surface area contributed by atoms with Gasteiger partial charge in [-0.25, -0.2) is 4.79 Å². The summed E-state index contributed by atoms with van der Waals surface area (Å²) in [5.74, 6) is -2.54.